The number of rotatable bonds is 2. The molecule has 0 bridgehead atoms. The van der Waals surface area contributed by atoms with E-state index in [1.54, 1.807) is 13.2 Å². The Morgan fingerprint density at radius 2 is 1.94 bits per heavy atom. The molecule has 1 aromatic carbocycles. The van der Waals surface area contributed by atoms with Crippen molar-refractivity contribution in [2.75, 3.05) is 7.11 Å². The van der Waals surface area contributed by atoms with Crippen LogP contribution in [0.4, 0.5) is 0 Å². The van der Waals surface area contributed by atoms with Gasteiger partial charge in [0.1, 0.15) is 11.3 Å². The summed E-state index contributed by atoms with van der Waals surface area (Å²) in [5.41, 5.74) is 0.274. The van der Waals surface area contributed by atoms with Gasteiger partial charge in [-0.2, -0.15) is 0 Å². The highest BCUT2D eigenvalue weighted by molar-refractivity contribution is 6.00. The largest absolute Gasteiger partial charge is 0.497 e. The second-order valence-corrected chi connectivity index (χ2v) is 5.09. The van der Waals surface area contributed by atoms with Crippen LogP contribution in [0.3, 0.4) is 0 Å². The molecule has 0 radical (unpaired) electrons. The molecule has 3 nitrogen and oxygen atoms in total. The first-order chi connectivity index (χ1) is 7.91. The van der Waals surface area contributed by atoms with Gasteiger partial charge in [-0.1, -0.05) is 20.8 Å². The minimum Gasteiger partial charge on any atom is -0.497 e. The second kappa shape index (κ2) is 3.91. The van der Waals surface area contributed by atoms with E-state index in [2.05, 4.69) is 0 Å². The number of carbonyl (C=O) groups excluding carboxylic acids is 1. The van der Waals surface area contributed by atoms with Crippen LogP contribution in [0.15, 0.2) is 28.7 Å². The molecule has 0 unspecified atom stereocenters. The van der Waals surface area contributed by atoms with E-state index < -0.39 is 5.41 Å². The minimum absolute atomic E-state index is 0.00710. The highest BCUT2D eigenvalue weighted by atomic mass is 16.5. The number of fused-ring (bicyclic) bond motifs is 1. The van der Waals surface area contributed by atoms with Gasteiger partial charge in [-0.25, -0.2) is 0 Å². The fourth-order valence-corrected chi connectivity index (χ4v) is 1.63. The van der Waals surface area contributed by atoms with Crippen LogP contribution >= 0.6 is 0 Å². The number of furan rings is 1. The third kappa shape index (κ3) is 2.18. The van der Waals surface area contributed by atoms with Crippen molar-refractivity contribution in [1.29, 1.82) is 0 Å². The predicted molar refractivity (Wildman–Crippen MR) is 66.6 cm³/mol. The molecule has 0 amide bonds. The Labute approximate surface area is 100 Å². The topological polar surface area (TPSA) is 39.4 Å². The van der Waals surface area contributed by atoms with Crippen LogP contribution in [0.25, 0.3) is 11.0 Å². The zero-order valence-corrected chi connectivity index (χ0v) is 10.5. The quantitative estimate of drug-likeness (QED) is 0.741. The fraction of sp³-hybridized carbons (Fsp3) is 0.357. The summed E-state index contributed by atoms with van der Waals surface area (Å²) in [6, 6.07) is 7.26. The van der Waals surface area contributed by atoms with Gasteiger partial charge >= 0.3 is 0 Å². The maximum Gasteiger partial charge on any atom is 0.203 e. The van der Waals surface area contributed by atoms with E-state index in [-0.39, 0.29) is 5.78 Å². The van der Waals surface area contributed by atoms with Gasteiger partial charge in [0.2, 0.25) is 5.78 Å². The van der Waals surface area contributed by atoms with Crippen LogP contribution in [0.5, 0.6) is 5.75 Å². The van der Waals surface area contributed by atoms with Crippen molar-refractivity contribution in [2.45, 2.75) is 20.8 Å². The lowest BCUT2D eigenvalue weighted by Gasteiger charge is -2.13. The Kier molecular flexibility index (Phi) is 2.69. The SMILES string of the molecule is COc1ccc2oc(C(=O)C(C)(C)C)cc2c1. The summed E-state index contributed by atoms with van der Waals surface area (Å²) in [5, 5.41) is 0.886. The summed E-state index contributed by atoms with van der Waals surface area (Å²) >= 11 is 0. The summed E-state index contributed by atoms with van der Waals surface area (Å²) in [7, 11) is 1.61. The van der Waals surface area contributed by atoms with Crippen molar-refractivity contribution in [3.63, 3.8) is 0 Å². The first kappa shape index (κ1) is 11.7. The van der Waals surface area contributed by atoms with E-state index in [1.165, 1.54) is 0 Å². The Morgan fingerprint density at radius 1 is 1.24 bits per heavy atom. The summed E-state index contributed by atoms with van der Waals surface area (Å²) in [6.45, 7) is 5.63. The van der Waals surface area contributed by atoms with Crippen LogP contribution in [0, 0.1) is 5.41 Å². The monoisotopic (exact) mass is 232 g/mol. The number of carbonyl (C=O) groups is 1. The van der Waals surface area contributed by atoms with Gasteiger partial charge in [0, 0.05) is 10.8 Å². The molecular formula is C14H16O3. The number of hydrogen-bond donors (Lipinski definition) is 0. The molecule has 1 heterocycles. The highest BCUT2D eigenvalue weighted by Gasteiger charge is 2.26. The maximum absolute atomic E-state index is 12.1. The molecule has 1 aromatic heterocycles. The van der Waals surface area contributed by atoms with Gasteiger partial charge in [0.25, 0.3) is 0 Å². The van der Waals surface area contributed by atoms with Crippen molar-refractivity contribution in [3.8, 4) is 5.75 Å². The summed E-state index contributed by atoms with van der Waals surface area (Å²) in [4.78, 5) is 12.1. The molecule has 0 fully saturated rings. The van der Waals surface area contributed by atoms with Crippen molar-refractivity contribution in [1.82, 2.24) is 0 Å². The van der Waals surface area contributed by atoms with Crippen molar-refractivity contribution in [3.05, 3.63) is 30.0 Å². The van der Waals surface area contributed by atoms with Crippen LogP contribution in [-0.4, -0.2) is 12.9 Å². The summed E-state index contributed by atoms with van der Waals surface area (Å²) < 4.78 is 10.7. The smallest absolute Gasteiger partial charge is 0.203 e. The van der Waals surface area contributed by atoms with Gasteiger partial charge in [-0.3, -0.25) is 4.79 Å². The lowest BCUT2D eigenvalue weighted by Crippen LogP contribution is -2.19. The summed E-state index contributed by atoms with van der Waals surface area (Å²) in [6.07, 6.45) is 0. The van der Waals surface area contributed by atoms with Crippen molar-refractivity contribution < 1.29 is 13.9 Å². The van der Waals surface area contributed by atoms with Gasteiger partial charge in [0.15, 0.2) is 5.76 Å². The molecule has 0 atom stereocenters. The normalized spacial score (nSPS) is 11.8. The molecule has 90 valence electrons. The predicted octanol–water partition coefficient (Wildman–Crippen LogP) is 3.67. The molecule has 2 aromatic rings. The highest BCUT2D eigenvalue weighted by Crippen LogP contribution is 2.28. The first-order valence-electron chi connectivity index (χ1n) is 5.54. The molecule has 3 heteroatoms. The molecule has 0 saturated heterocycles. The molecule has 0 aliphatic heterocycles. The van der Waals surface area contributed by atoms with Gasteiger partial charge < -0.3 is 9.15 Å². The summed E-state index contributed by atoms with van der Waals surface area (Å²) in [5.74, 6) is 1.17. The van der Waals surface area contributed by atoms with Crippen LogP contribution in [-0.2, 0) is 0 Å². The number of benzene rings is 1. The number of ketones is 1. The third-order valence-electron chi connectivity index (χ3n) is 2.63. The number of Topliss-reactive ketones (excluding diaryl/α,β-unsaturated/α-hetero) is 1. The van der Waals surface area contributed by atoms with E-state index in [0.29, 0.717) is 11.3 Å². The van der Waals surface area contributed by atoms with E-state index in [9.17, 15) is 4.79 Å². The third-order valence-corrected chi connectivity index (χ3v) is 2.63. The van der Waals surface area contributed by atoms with Crippen molar-refractivity contribution in [2.24, 2.45) is 5.41 Å². The van der Waals surface area contributed by atoms with Gasteiger partial charge in [-0.05, 0) is 24.3 Å². The minimum atomic E-state index is -0.433. The van der Waals surface area contributed by atoms with Crippen LogP contribution in [0.2, 0.25) is 0 Å². The number of hydrogen-bond acceptors (Lipinski definition) is 3. The first-order valence-corrected chi connectivity index (χ1v) is 5.54. The molecule has 0 saturated carbocycles. The van der Waals surface area contributed by atoms with E-state index in [4.69, 9.17) is 9.15 Å². The van der Waals surface area contributed by atoms with E-state index in [0.717, 1.165) is 11.1 Å². The maximum atomic E-state index is 12.1. The van der Waals surface area contributed by atoms with Crippen molar-refractivity contribution >= 4 is 16.8 Å². The van der Waals surface area contributed by atoms with Gasteiger partial charge in [-0.15, -0.1) is 0 Å². The van der Waals surface area contributed by atoms with Crippen LogP contribution < -0.4 is 4.74 Å². The number of methoxy groups -OCH3 is 1. The standard InChI is InChI=1S/C14H16O3/c1-14(2,3)13(15)12-8-9-7-10(16-4)5-6-11(9)17-12/h5-8H,1-4H3. The second-order valence-electron chi connectivity index (χ2n) is 5.09. The average molecular weight is 232 g/mol. The molecule has 0 aliphatic rings. The Bertz CT molecular complexity index is 558. The zero-order valence-electron chi connectivity index (χ0n) is 10.5. The Hall–Kier alpha value is -1.77. The molecule has 0 spiro atoms. The van der Waals surface area contributed by atoms with E-state index >= 15 is 0 Å². The molecule has 2 rings (SSSR count). The fourth-order valence-electron chi connectivity index (χ4n) is 1.63. The van der Waals surface area contributed by atoms with E-state index in [1.807, 2.05) is 39.0 Å². The molecular weight excluding hydrogens is 216 g/mol. The molecule has 0 aliphatic carbocycles. The number of ether oxygens (including phenoxy) is 1. The van der Waals surface area contributed by atoms with Gasteiger partial charge in [0.05, 0.1) is 7.11 Å². The Balaban J connectivity index is 2.48. The Morgan fingerprint density at radius 3 is 2.53 bits per heavy atom. The molecule has 0 N–H and O–H groups in total. The molecule has 17 heavy (non-hydrogen) atoms. The zero-order chi connectivity index (χ0) is 12.6. The van der Waals surface area contributed by atoms with Crippen LogP contribution in [0.1, 0.15) is 31.3 Å². The average Bonchev–Trinajstić information content (AvgIpc) is 2.68. The lowest BCUT2D eigenvalue weighted by molar-refractivity contribution is 0.0831. The lowest BCUT2D eigenvalue weighted by atomic mass is 9.89.